The van der Waals surface area contributed by atoms with Crippen LogP contribution in [0.2, 0.25) is 0 Å². The van der Waals surface area contributed by atoms with Gasteiger partial charge in [-0.05, 0) is 42.9 Å². The predicted molar refractivity (Wildman–Crippen MR) is 53.2 cm³/mol. The summed E-state index contributed by atoms with van der Waals surface area (Å²) in [6.07, 6.45) is 2.22. The van der Waals surface area contributed by atoms with Crippen molar-refractivity contribution in [2.45, 2.75) is 39.2 Å². The first kappa shape index (κ1) is 9.47. The van der Waals surface area contributed by atoms with E-state index in [0.29, 0.717) is 11.3 Å². The minimum Gasteiger partial charge on any atom is -0.396 e. The molecule has 2 nitrogen and oxygen atoms in total. The van der Waals surface area contributed by atoms with Gasteiger partial charge in [0, 0.05) is 12.1 Å². The third-order valence-corrected chi connectivity index (χ3v) is 4.64. The first-order chi connectivity index (χ1) is 5.89. The lowest BCUT2D eigenvalue weighted by Crippen LogP contribution is -2.48. The average molecular weight is 183 g/mol. The van der Waals surface area contributed by atoms with Crippen LogP contribution in [-0.4, -0.2) is 17.3 Å². The van der Waals surface area contributed by atoms with E-state index in [-0.39, 0.29) is 12.1 Å². The van der Waals surface area contributed by atoms with Crippen molar-refractivity contribution in [3.8, 4) is 0 Å². The van der Waals surface area contributed by atoms with Crippen molar-refractivity contribution in [3.63, 3.8) is 0 Å². The van der Waals surface area contributed by atoms with Gasteiger partial charge in [0.25, 0.3) is 0 Å². The van der Waals surface area contributed by atoms with E-state index in [4.69, 9.17) is 5.73 Å². The molecular weight excluding hydrogens is 162 g/mol. The number of aliphatic hydroxyl groups excluding tert-OH is 1. The van der Waals surface area contributed by atoms with Crippen molar-refractivity contribution in [1.82, 2.24) is 0 Å². The Morgan fingerprint density at radius 1 is 1.31 bits per heavy atom. The molecule has 2 aliphatic carbocycles. The van der Waals surface area contributed by atoms with Gasteiger partial charge in [-0.1, -0.05) is 13.8 Å². The molecule has 3 N–H and O–H groups in total. The highest BCUT2D eigenvalue weighted by Gasteiger charge is 2.62. The van der Waals surface area contributed by atoms with E-state index in [2.05, 4.69) is 20.8 Å². The molecule has 0 saturated heterocycles. The SMILES string of the molecule is CC1(C)C2CC(CO)[C@](C)(N)CC21. The van der Waals surface area contributed by atoms with Crippen LogP contribution in [0.1, 0.15) is 33.6 Å². The number of aliphatic hydroxyl groups is 1. The lowest BCUT2D eigenvalue weighted by Gasteiger charge is -2.36. The lowest BCUT2D eigenvalue weighted by atomic mass is 9.75. The highest BCUT2D eigenvalue weighted by atomic mass is 16.3. The molecule has 0 radical (unpaired) electrons. The maximum absolute atomic E-state index is 9.25. The van der Waals surface area contributed by atoms with E-state index in [1.807, 2.05) is 0 Å². The fourth-order valence-electron chi connectivity index (χ4n) is 3.23. The molecule has 0 aliphatic heterocycles. The van der Waals surface area contributed by atoms with E-state index in [1.54, 1.807) is 0 Å². The van der Waals surface area contributed by atoms with Crippen molar-refractivity contribution in [2.24, 2.45) is 28.9 Å². The van der Waals surface area contributed by atoms with Crippen LogP contribution < -0.4 is 5.73 Å². The Kier molecular flexibility index (Phi) is 1.81. The zero-order valence-corrected chi connectivity index (χ0v) is 8.88. The quantitative estimate of drug-likeness (QED) is 0.645. The van der Waals surface area contributed by atoms with Crippen molar-refractivity contribution >= 4 is 0 Å². The smallest absolute Gasteiger partial charge is 0.0476 e. The minimum absolute atomic E-state index is 0.135. The maximum atomic E-state index is 9.25. The molecule has 0 aromatic carbocycles. The molecule has 2 heteroatoms. The van der Waals surface area contributed by atoms with E-state index < -0.39 is 0 Å². The molecule has 13 heavy (non-hydrogen) atoms. The molecule has 76 valence electrons. The predicted octanol–water partition coefficient (Wildman–Crippen LogP) is 1.38. The van der Waals surface area contributed by atoms with Gasteiger partial charge >= 0.3 is 0 Å². The molecule has 2 fully saturated rings. The lowest BCUT2D eigenvalue weighted by molar-refractivity contribution is 0.115. The van der Waals surface area contributed by atoms with Gasteiger partial charge in [-0.25, -0.2) is 0 Å². The number of rotatable bonds is 1. The van der Waals surface area contributed by atoms with Crippen molar-refractivity contribution in [3.05, 3.63) is 0 Å². The van der Waals surface area contributed by atoms with E-state index in [9.17, 15) is 5.11 Å². The Morgan fingerprint density at radius 2 is 1.92 bits per heavy atom. The van der Waals surface area contributed by atoms with Gasteiger partial charge in [-0.15, -0.1) is 0 Å². The second kappa shape index (κ2) is 2.48. The fourth-order valence-corrected chi connectivity index (χ4v) is 3.23. The molecule has 0 spiro atoms. The molecule has 0 heterocycles. The van der Waals surface area contributed by atoms with Crippen LogP contribution in [0.15, 0.2) is 0 Å². The van der Waals surface area contributed by atoms with Crippen LogP contribution >= 0.6 is 0 Å². The molecule has 2 saturated carbocycles. The van der Waals surface area contributed by atoms with Gasteiger partial charge in [-0.3, -0.25) is 0 Å². The number of hydrogen-bond donors (Lipinski definition) is 2. The summed E-state index contributed by atoms with van der Waals surface area (Å²) < 4.78 is 0. The molecule has 0 amide bonds. The summed E-state index contributed by atoms with van der Waals surface area (Å²) in [5.41, 5.74) is 6.57. The van der Waals surface area contributed by atoms with Crippen molar-refractivity contribution < 1.29 is 5.11 Å². The minimum atomic E-state index is -0.135. The Hall–Kier alpha value is -0.0800. The van der Waals surface area contributed by atoms with Crippen molar-refractivity contribution in [2.75, 3.05) is 6.61 Å². The van der Waals surface area contributed by atoms with Gasteiger partial charge in [0.1, 0.15) is 0 Å². The van der Waals surface area contributed by atoms with Gasteiger partial charge in [0.05, 0.1) is 0 Å². The summed E-state index contributed by atoms with van der Waals surface area (Å²) in [4.78, 5) is 0. The second-order valence-corrected chi connectivity index (χ2v) is 5.86. The Morgan fingerprint density at radius 3 is 2.46 bits per heavy atom. The average Bonchev–Trinajstić information content (AvgIpc) is 2.50. The summed E-state index contributed by atoms with van der Waals surface area (Å²) in [5, 5.41) is 9.25. The Bertz CT molecular complexity index is 222. The van der Waals surface area contributed by atoms with E-state index in [1.165, 1.54) is 0 Å². The third-order valence-electron chi connectivity index (χ3n) is 4.64. The number of fused-ring (bicyclic) bond motifs is 1. The van der Waals surface area contributed by atoms with Gasteiger partial charge in [-0.2, -0.15) is 0 Å². The van der Waals surface area contributed by atoms with Crippen LogP contribution in [0.5, 0.6) is 0 Å². The van der Waals surface area contributed by atoms with Crippen LogP contribution in [0.3, 0.4) is 0 Å². The van der Waals surface area contributed by atoms with Crippen LogP contribution in [0, 0.1) is 23.2 Å². The Balaban J connectivity index is 2.13. The highest BCUT2D eigenvalue weighted by molar-refractivity contribution is 5.13. The second-order valence-electron chi connectivity index (χ2n) is 5.86. The number of nitrogens with two attached hydrogens (primary N) is 1. The summed E-state index contributed by atoms with van der Waals surface area (Å²) in [5.74, 6) is 1.95. The fraction of sp³-hybridized carbons (Fsp3) is 1.00. The molecule has 0 bridgehead atoms. The molecule has 3 unspecified atom stereocenters. The van der Waals surface area contributed by atoms with Crippen LogP contribution in [0.4, 0.5) is 0 Å². The molecule has 2 rings (SSSR count). The summed E-state index contributed by atoms with van der Waals surface area (Å²) >= 11 is 0. The first-order valence-corrected chi connectivity index (χ1v) is 5.29. The zero-order chi connectivity index (χ0) is 9.85. The monoisotopic (exact) mass is 183 g/mol. The normalized spacial score (nSPS) is 52.8. The molecule has 0 aromatic heterocycles. The van der Waals surface area contributed by atoms with Gasteiger partial charge in [0.2, 0.25) is 0 Å². The van der Waals surface area contributed by atoms with Crippen molar-refractivity contribution in [1.29, 1.82) is 0 Å². The van der Waals surface area contributed by atoms with E-state index in [0.717, 1.165) is 24.7 Å². The van der Waals surface area contributed by atoms with Crippen LogP contribution in [0.25, 0.3) is 0 Å². The molecule has 2 aliphatic rings. The molecule has 0 aromatic rings. The van der Waals surface area contributed by atoms with E-state index >= 15 is 0 Å². The largest absolute Gasteiger partial charge is 0.396 e. The third kappa shape index (κ3) is 1.23. The topological polar surface area (TPSA) is 46.2 Å². The highest BCUT2D eigenvalue weighted by Crippen LogP contribution is 2.67. The molecular formula is C11H21NO. The summed E-state index contributed by atoms with van der Waals surface area (Å²) in [6, 6.07) is 0. The van der Waals surface area contributed by atoms with Crippen LogP contribution in [-0.2, 0) is 0 Å². The van der Waals surface area contributed by atoms with Gasteiger partial charge < -0.3 is 10.8 Å². The molecule has 4 atom stereocenters. The summed E-state index contributed by atoms with van der Waals surface area (Å²) in [6.45, 7) is 7.02. The maximum Gasteiger partial charge on any atom is 0.0476 e. The first-order valence-electron chi connectivity index (χ1n) is 5.29. The van der Waals surface area contributed by atoms with Gasteiger partial charge in [0.15, 0.2) is 0 Å². The Labute approximate surface area is 80.5 Å². The summed E-state index contributed by atoms with van der Waals surface area (Å²) in [7, 11) is 0. The zero-order valence-electron chi connectivity index (χ0n) is 8.88. The standard InChI is InChI=1S/C11H21NO/c1-10(2)8-4-7(6-13)11(3,12)5-9(8)10/h7-9,13H,4-6,12H2,1-3H3/t7?,8?,9?,11-/m1/s1. The number of hydrogen-bond acceptors (Lipinski definition) is 2.